The molecule has 0 aliphatic rings. The molecule has 0 aliphatic heterocycles. The number of carboxylic acid groups (broad SMARTS) is 1. The zero-order valence-electron chi connectivity index (χ0n) is 9.52. The van der Waals surface area contributed by atoms with Crippen molar-refractivity contribution in [2.24, 2.45) is 11.8 Å². The molecule has 3 nitrogen and oxygen atoms in total. The van der Waals surface area contributed by atoms with Crippen LogP contribution in [0.2, 0.25) is 5.02 Å². The largest absolute Gasteiger partial charge is 0.481 e. The van der Waals surface area contributed by atoms with Gasteiger partial charge in [0.05, 0.1) is 12.0 Å². The van der Waals surface area contributed by atoms with E-state index in [9.17, 15) is 9.90 Å². The normalized spacial score (nSPS) is 16.3. The van der Waals surface area contributed by atoms with Gasteiger partial charge in [-0.15, -0.1) is 0 Å². The SMILES string of the molecule is CC(C(=O)O)C(C)C(O)c1cc(Br)ccc1Cl. The first-order valence-electron chi connectivity index (χ1n) is 5.20. The lowest BCUT2D eigenvalue weighted by atomic mass is 9.87. The van der Waals surface area contributed by atoms with Gasteiger partial charge in [-0.3, -0.25) is 4.79 Å². The number of carboxylic acids is 1. The topological polar surface area (TPSA) is 57.5 Å². The van der Waals surface area contributed by atoms with E-state index >= 15 is 0 Å². The van der Waals surface area contributed by atoms with Gasteiger partial charge in [0.1, 0.15) is 0 Å². The molecule has 0 amide bonds. The molecular formula is C12H14BrClO3. The van der Waals surface area contributed by atoms with Crippen molar-refractivity contribution in [3.63, 3.8) is 0 Å². The monoisotopic (exact) mass is 320 g/mol. The summed E-state index contributed by atoms with van der Waals surface area (Å²) in [5.74, 6) is -1.98. The van der Waals surface area contributed by atoms with Crippen molar-refractivity contribution >= 4 is 33.5 Å². The minimum absolute atomic E-state index is 0.417. The molecule has 0 fully saturated rings. The van der Waals surface area contributed by atoms with E-state index in [1.807, 2.05) is 0 Å². The van der Waals surface area contributed by atoms with Crippen molar-refractivity contribution in [2.45, 2.75) is 20.0 Å². The fraction of sp³-hybridized carbons (Fsp3) is 0.417. The van der Waals surface area contributed by atoms with Crippen LogP contribution in [-0.4, -0.2) is 16.2 Å². The second-order valence-electron chi connectivity index (χ2n) is 4.10. The summed E-state index contributed by atoms with van der Waals surface area (Å²) in [7, 11) is 0. The predicted octanol–water partition coefficient (Wildman–Crippen LogP) is 3.49. The summed E-state index contributed by atoms with van der Waals surface area (Å²) in [6, 6.07) is 5.14. The highest BCUT2D eigenvalue weighted by atomic mass is 79.9. The van der Waals surface area contributed by atoms with Gasteiger partial charge in [0, 0.05) is 15.1 Å². The summed E-state index contributed by atoms with van der Waals surface area (Å²) in [5, 5.41) is 19.5. The number of hydrogen-bond acceptors (Lipinski definition) is 2. The summed E-state index contributed by atoms with van der Waals surface area (Å²) in [5.41, 5.74) is 0.543. The van der Waals surface area contributed by atoms with Gasteiger partial charge in [-0.25, -0.2) is 0 Å². The zero-order valence-corrected chi connectivity index (χ0v) is 11.9. The van der Waals surface area contributed by atoms with Crippen LogP contribution in [0.5, 0.6) is 0 Å². The lowest BCUT2D eigenvalue weighted by molar-refractivity contribution is -0.144. The Morgan fingerprint density at radius 2 is 2.00 bits per heavy atom. The first-order valence-corrected chi connectivity index (χ1v) is 6.37. The average molecular weight is 322 g/mol. The number of aliphatic carboxylic acids is 1. The van der Waals surface area contributed by atoms with Gasteiger partial charge < -0.3 is 10.2 Å². The molecule has 3 unspecified atom stereocenters. The van der Waals surface area contributed by atoms with Gasteiger partial charge in [0.2, 0.25) is 0 Å². The lowest BCUT2D eigenvalue weighted by Gasteiger charge is -2.23. The Hall–Kier alpha value is -0.580. The van der Waals surface area contributed by atoms with Gasteiger partial charge in [-0.05, 0) is 24.1 Å². The summed E-state index contributed by atoms with van der Waals surface area (Å²) in [6.07, 6.45) is -0.897. The molecule has 0 saturated carbocycles. The third-order valence-corrected chi connectivity index (χ3v) is 3.79. The van der Waals surface area contributed by atoms with E-state index in [0.717, 1.165) is 4.47 Å². The molecule has 5 heteroatoms. The van der Waals surface area contributed by atoms with Crippen molar-refractivity contribution < 1.29 is 15.0 Å². The van der Waals surface area contributed by atoms with Crippen molar-refractivity contribution in [3.8, 4) is 0 Å². The van der Waals surface area contributed by atoms with Gasteiger partial charge >= 0.3 is 5.97 Å². The number of aliphatic hydroxyl groups is 1. The number of carbonyl (C=O) groups is 1. The van der Waals surface area contributed by atoms with Gasteiger partial charge in [-0.2, -0.15) is 0 Å². The maximum absolute atomic E-state index is 10.9. The standard InChI is InChI=1S/C12H14BrClO3/c1-6(7(2)12(16)17)11(15)9-5-8(13)3-4-10(9)14/h3-7,11,15H,1-2H3,(H,16,17). The first-order chi connectivity index (χ1) is 7.84. The Balaban J connectivity index is 2.99. The third-order valence-electron chi connectivity index (χ3n) is 2.95. The van der Waals surface area contributed by atoms with Crippen LogP contribution in [0.25, 0.3) is 0 Å². The molecule has 17 heavy (non-hydrogen) atoms. The number of aliphatic hydroxyl groups excluding tert-OH is 1. The van der Waals surface area contributed by atoms with Crippen LogP contribution in [-0.2, 0) is 4.79 Å². The van der Waals surface area contributed by atoms with E-state index in [0.29, 0.717) is 10.6 Å². The summed E-state index contributed by atoms with van der Waals surface area (Å²) < 4.78 is 0.797. The zero-order chi connectivity index (χ0) is 13.2. The van der Waals surface area contributed by atoms with Gasteiger partial charge in [0.15, 0.2) is 0 Å². The predicted molar refractivity (Wildman–Crippen MR) is 70.1 cm³/mol. The van der Waals surface area contributed by atoms with Crippen molar-refractivity contribution in [3.05, 3.63) is 33.3 Å². The van der Waals surface area contributed by atoms with Crippen molar-refractivity contribution in [1.29, 1.82) is 0 Å². The Morgan fingerprint density at radius 3 is 2.53 bits per heavy atom. The van der Waals surface area contributed by atoms with E-state index in [1.165, 1.54) is 0 Å². The van der Waals surface area contributed by atoms with E-state index in [-0.39, 0.29) is 0 Å². The van der Waals surface area contributed by atoms with Crippen LogP contribution in [0.4, 0.5) is 0 Å². The van der Waals surface area contributed by atoms with Crippen LogP contribution in [0.1, 0.15) is 25.5 Å². The van der Waals surface area contributed by atoms with E-state index in [4.69, 9.17) is 16.7 Å². The van der Waals surface area contributed by atoms with Crippen molar-refractivity contribution in [1.82, 2.24) is 0 Å². The van der Waals surface area contributed by atoms with Gasteiger partial charge in [0.25, 0.3) is 0 Å². The molecule has 1 aromatic rings. The quantitative estimate of drug-likeness (QED) is 0.892. The fourth-order valence-corrected chi connectivity index (χ4v) is 2.13. The number of benzene rings is 1. The Morgan fingerprint density at radius 1 is 1.41 bits per heavy atom. The molecule has 1 aromatic carbocycles. The van der Waals surface area contributed by atoms with Gasteiger partial charge in [-0.1, -0.05) is 41.4 Å². The van der Waals surface area contributed by atoms with Crippen LogP contribution >= 0.6 is 27.5 Å². The Bertz CT molecular complexity index is 422. The second-order valence-corrected chi connectivity index (χ2v) is 5.42. The summed E-state index contributed by atoms with van der Waals surface area (Å²) >= 11 is 9.28. The number of rotatable bonds is 4. The minimum atomic E-state index is -0.928. The molecule has 0 saturated heterocycles. The highest BCUT2D eigenvalue weighted by Gasteiger charge is 2.28. The maximum atomic E-state index is 10.9. The average Bonchev–Trinajstić information content (AvgIpc) is 2.29. The molecule has 0 spiro atoms. The van der Waals surface area contributed by atoms with Crippen molar-refractivity contribution in [2.75, 3.05) is 0 Å². The van der Waals surface area contributed by atoms with Crippen LogP contribution in [0, 0.1) is 11.8 Å². The molecule has 3 atom stereocenters. The highest BCUT2D eigenvalue weighted by molar-refractivity contribution is 9.10. The van der Waals surface area contributed by atoms with E-state index in [1.54, 1.807) is 32.0 Å². The highest BCUT2D eigenvalue weighted by Crippen LogP contribution is 2.33. The van der Waals surface area contributed by atoms with Crippen LogP contribution in [0.3, 0.4) is 0 Å². The summed E-state index contributed by atoms with van der Waals surface area (Å²) in [4.78, 5) is 10.9. The number of halogens is 2. The lowest BCUT2D eigenvalue weighted by Crippen LogP contribution is -2.24. The molecule has 2 N–H and O–H groups in total. The molecule has 1 rings (SSSR count). The molecule has 94 valence electrons. The molecule has 0 aliphatic carbocycles. The minimum Gasteiger partial charge on any atom is -0.481 e. The second kappa shape index (κ2) is 5.85. The number of hydrogen-bond donors (Lipinski definition) is 2. The van der Waals surface area contributed by atoms with E-state index in [2.05, 4.69) is 15.9 Å². The molecule has 0 radical (unpaired) electrons. The first kappa shape index (κ1) is 14.5. The smallest absolute Gasteiger partial charge is 0.306 e. The Labute approximate surface area is 114 Å². The Kier molecular flexibility index (Phi) is 4.98. The van der Waals surface area contributed by atoms with E-state index < -0.39 is 23.9 Å². The maximum Gasteiger partial charge on any atom is 0.306 e. The summed E-state index contributed by atoms with van der Waals surface area (Å²) in [6.45, 7) is 3.27. The van der Waals surface area contributed by atoms with Crippen LogP contribution < -0.4 is 0 Å². The van der Waals surface area contributed by atoms with Crippen LogP contribution in [0.15, 0.2) is 22.7 Å². The fourth-order valence-electron chi connectivity index (χ4n) is 1.52. The molecular weight excluding hydrogens is 307 g/mol. The molecule has 0 heterocycles. The third kappa shape index (κ3) is 3.44. The molecule has 0 bridgehead atoms. The molecule has 0 aromatic heterocycles.